The molecule has 1 aliphatic carbocycles. The number of carbonyl (C=O) groups is 1. The predicted molar refractivity (Wildman–Crippen MR) is 70.6 cm³/mol. The minimum Gasteiger partial charge on any atom is -0.370 e. The van der Waals surface area contributed by atoms with Gasteiger partial charge in [-0.15, -0.1) is 0 Å². The van der Waals surface area contributed by atoms with Gasteiger partial charge in [0.05, 0.1) is 11.7 Å². The number of piperidine rings is 1. The molecular formula is C15H25NO2. The molecule has 0 radical (unpaired) electrons. The summed E-state index contributed by atoms with van der Waals surface area (Å²) < 4.78 is 6.39. The third kappa shape index (κ3) is 2.77. The van der Waals surface area contributed by atoms with Crippen molar-refractivity contribution in [2.45, 2.75) is 69.5 Å². The molecule has 3 rings (SSSR count). The predicted octanol–water partition coefficient (Wildman–Crippen LogP) is 2.53. The maximum Gasteiger partial charge on any atom is 0.135 e. The van der Waals surface area contributed by atoms with E-state index in [1.807, 2.05) is 0 Å². The molecule has 1 atom stereocenters. The number of hydrogen-bond acceptors (Lipinski definition) is 3. The second kappa shape index (κ2) is 5.30. The normalized spacial score (nSPS) is 33.1. The van der Waals surface area contributed by atoms with E-state index in [1.54, 1.807) is 0 Å². The summed E-state index contributed by atoms with van der Waals surface area (Å²) in [6.07, 6.45) is 11.1. The van der Waals surface area contributed by atoms with Crippen LogP contribution in [0.2, 0.25) is 0 Å². The van der Waals surface area contributed by atoms with Gasteiger partial charge in [-0.25, -0.2) is 0 Å². The SMILES string of the molecule is O=C1CCN(CC2CCC3(CCCCC3)O2)CC1. The summed E-state index contributed by atoms with van der Waals surface area (Å²) in [7, 11) is 0. The zero-order valence-corrected chi connectivity index (χ0v) is 11.3. The number of rotatable bonds is 2. The zero-order chi connectivity index (χ0) is 12.4. The van der Waals surface area contributed by atoms with Crippen LogP contribution in [-0.4, -0.2) is 42.0 Å². The molecule has 0 N–H and O–H groups in total. The Morgan fingerprint density at radius 2 is 1.83 bits per heavy atom. The fraction of sp³-hybridized carbons (Fsp3) is 0.933. The topological polar surface area (TPSA) is 29.5 Å². The van der Waals surface area contributed by atoms with Gasteiger partial charge in [-0.2, -0.15) is 0 Å². The first-order chi connectivity index (χ1) is 8.76. The second-order valence-electron chi connectivity index (χ2n) is 6.36. The number of Topliss-reactive ketones (excluding diaryl/α,β-unsaturated/α-hetero) is 1. The third-order valence-corrected chi connectivity index (χ3v) is 4.98. The van der Waals surface area contributed by atoms with Crippen LogP contribution in [0.15, 0.2) is 0 Å². The van der Waals surface area contributed by atoms with Gasteiger partial charge in [0.25, 0.3) is 0 Å². The van der Waals surface area contributed by atoms with E-state index in [4.69, 9.17) is 4.74 Å². The summed E-state index contributed by atoms with van der Waals surface area (Å²) in [6, 6.07) is 0. The van der Waals surface area contributed by atoms with Crippen molar-refractivity contribution in [1.29, 1.82) is 0 Å². The standard InChI is InChI=1S/C15H25NO2/c17-13-5-10-16(11-6-13)12-14-4-9-15(18-14)7-2-1-3-8-15/h14H,1-12H2. The molecule has 1 spiro atoms. The average molecular weight is 251 g/mol. The van der Waals surface area contributed by atoms with Gasteiger partial charge >= 0.3 is 0 Å². The number of carbonyl (C=O) groups excluding carboxylic acids is 1. The van der Waals surface area contributed by atoms with Gasteiger partial charge in [-0.1, -0.05) is 19.3 Å². The van der Waals surface area contributed by atoms with Crippen molar-refractivity contribution in [2.75, 3.05) is 19.6 Å². The Balaban J connectivity index is 1.48. The first-order valence-corrected chi connectivity index (χ1v) is 7.68. The van der Waals surface area contributed by atoms with Gasteiger partial charge in [-0.3, -0.25) is 9.69 Å². The van der Waals surface area contributed by atoms with Crippen LogP contribution in [0.4, 0.5) is 0 Å². The summed E-state index contributed by atoms with van der Waals surface area (Å²) in [5.41, 5.74) is 0.245. The van der Waals surface area contributed by atoms with Crippen LogP contribution in [0.25, 0.3) is 0 Å². The van der Waals surface area contributed by atoms with Crippen LogP contribution in [0.1, 0.15) is 57.8 Å². The Bertz CT molecular complexity index is 300. The van der Waals surface area contributed by atoms with Gasteiger partial charge < -0.3 is 4.74 Å². The third-order valence-electron chi connectivity index (χ3n) is 4.98. The molecule has 3 aliphatic rings. The van der Waals surface area contributed by atoms with Crippen LogP contribution < -0.4 is 0 Å². The summed E-state index contributed by atoms with van der Waals surface area (Å²) in [6.45, 7) is 2.95. The molecule has 18 heavy (non-hydrogen) atoms. The Hall–Kier alpha value is -0.410. The fourth-order valence-corrected chi connectivity index (χ4v) is 3.86. The highest BCUT2D eigenvalue weighted by Crippen LogP contribution is 2.42. The Morgan fingerprint density at radius 1 is 1.11 bits per heavy atom. The molecule has 0 aromatic carbocycles. The molecule has 0 aromatic heterocycles. The van der Waals surface area contributed by atoms with Crippen molar-refractivity contribution in [1.82, 2.24) is 4.90 Å². The number of ketones is 1. The lowest BCUT2D eigenvalue weighted by molar-refractivity contribution is -0.122. The smallest absolute Gasteiger partial charge is 0.135 e. The Morgan fingerprint density at radius 3 is 2.56 bits per heavy atom. The van der Waals surface area contributed by atoms with Crippen LogP contribution >= 0.6 is 0 Å². The number of hydrogen-bond donors (Lipinski definition) is 0. The van der Waals surface area contributed by atoms with Crippen molar-refractivity contribution in [3.8, 4) is 0 Å². The van der Waals surface area contributed by atoms with Crippen LogP contribution in [-0.2, 0) is 9.53 Å². The number of nitrogens with zero attached hydrogens (tertiary/aromatic N) is 1. The number of likely N-dealkylation sites (tertiary alicyclic amines) is 1. The molecule has 2 saturated heterocycles. The van der Waals surface area contributed by atoms with Crippen LogP contribution in [0.5, 0.6) is 0 Å². The largest absolute Gasteiger partial charge is 0.370 e. The van der Waals surface area contributed by atoms with E-state index in [0.29, 0.717) is 11.9 Å². The summed E-state index contributed by atoms with van der Waals surface area (Å²) in [5, 5.41) is 0. The molecule has 2 aliphatic heterocycles. The maximum absolute atomic E-state index is 11.2. The number of ether oxygens (including phenoxy) is 1. The van der Waals surface area contributed by atoms with Crippen molar-refractivity contribution >= 4 is 5.78 Å². The molecule has 3 nitrogen and oxygen atoms in total. The molecule has 0 bridgehead atoms. The molecular weight excluding hydrogens is 226 g/mol. The van der Waals surface area contributed by atoms with E-state index >= 15 is 0 Å². The minimum atomic E-state index is 0.245. The molecule has 0 amide bonds. The Labute approximate surface area is 110 Å². The molecule has 2 heterocycles. The van der Waals surface area contributed by atoms with E-state index in [0.717, 1.165) is 32.5 Å². The monoisotopic (exact) mass is 251 g/mol. The van der Waals surface area contributed by atoms with Gasteiger partial charge in [0.2, 0.25) is 0 Å². The maximum atomic E-state index is 11.2. The van der Waals surface area contributed by atoms with Gasteiger partial charge in [0.1, 0.15) is 5.78 Å². The lowest BCUT2D eigenvalue weighted by Crippen LogP contribution is -2.40. The van der Waals surface area contributed by atoms with Gasteiger partial charge in [0, 0.05) is 32.5 Å². The van der Waals surface area contributed by atoms with Gasteiger partial charge in [0.15, 0.2) is 0 Å². The Kier molecular flexibility index (Phi) is 3.71. The van der Waals surface area contributed by atoms with Crippen LogP contribution in [0.3, 0.4) is 0 Å². The van der Waals surface area contributed by atoms with Crippen molar-refractivity contribution in [2.24, 2.45) is 0 Å². The van der Waals surface area contributed by atoms with E-state index in [-0.39, 0.29) is 5.60 Å². The fourth-order valence-electron chi connectivity index (χ4n) is 3.86. The minimum absolute atomic E-state index is 0.245. The molecule has 102 valence electrons. The van der Waals surface area contributed by atoms with E-state index in [2.05, 4.69) is 4.90 Å². The molecule has 1 saturated carbocycles. The van der Waals surface area contributed by atoms with Gasteiger partial charge in [-0.05, 0) is 25.7 Å². The van der Waals surface area contributed by atoms with Crippen molar-refractivity contribution < 1.29 is 9.53 Å². The zero-order valence-electron chi connectivity index (χ0n) is 11.3. The second-order valence-corrected chi connectivity index (χ2v) is 6.36. The summed E-state index contributed by atoms with van der Waals surface area (Å²) in [4.78, 5) is 13.7. The highest BCUT2D eigenvalue weighted by molar-refractivity contribution is 5.79. The quantitative estimate of drug-likeness (QED) is 0.755. The average Bonchev–Trinajstić information content (AvgIpc) is 2.76. The van der Waals surface area contributed by atoms with E-state index in [9.17, 15) is 4.79 Å². The van der Waals surface area contributed by atoms with E-state index in [1.165, 1.54) is 44.9 Å². The lowest BCUT2D eigenvalue weighted by atomic mass is 9.83. The van der Waals surface area contributed by atoms with Crippen molar-refractivity contribution in [3.63, 3.8) is 0 Å². The van der Waals surface area contributed by atoms with Crippen molar-refractivity contribution in [3.05, 3.63) is 0 Å². The summed E-state index contributed by atoms with van der Waals surface area (Å²) >= 11 is 0. The molecule has 1 unspecified atom stereocenters. The molecule has 0 aromatic rings. The summed E-state index contributed by atoms with van der Waals surface area (Å²) in [5.74, 6) is 0.433. The first-order valence-electron chi connectivity index (χ1n) is 7.68. The molecule has 3 heteroatoms. The highest BCUT2D eigenvalue weighted by atomic mass is 16.5. The van der Waals surface area contributed by atoms with Crippen LogP contribution in [0, 0.1) is 0 Å². The van der Waals surface area contributed by atoms with E-state index < -0.39 is 0 Å². The first kappa shape index (κ1) is 12.6. The highest BCUT2D eigenvalue weighted by Gasteiger charge is 2.41. The lowest BCUT2D eigenvalue weighted by Gasteiger charge is -2.34. The molecule has 3 fully saturated rings.